The van der Waals surface area contributed by atoms with E-state index in [2.05, 4.69) is 12.2 Å². The van der Waals surface area contributed by atoms with Gasteiger partial charge in [0.1, 0.15) is 0 Å². The van der Waals surface area contributed by atoms with Crippen molar-refractivity contribution >= 4 is 5.91 Å². The normalized spacial score (nSPS) is 37.2. The predicted molar refractivity (Wildman–Crippen MR) is 71.0 cm³/mol. The molecule has 1 saturated carbocycles. The summed E-state index contributed by atoms with van der Waals surface area (Å²) in [5.41, 5.74) is 5.99. The predicted octanol–water partition coefficient (Wildman–Crippen LogP) is 1.29. The lowest BCUT2D eigenvalue weighted by Crippen LogP contribution is -2.42. The number of hydrogen-bond acceptors (Lipinski definition) is 3. The van der Waals surface area contributed by atoms with Gasteiger partial charge in [-0.05, 0) is 43.9 Å². The fraction of sp³-hybridized carbons (Fsp3) is 0.929. The van der Waals surface area contributed by atoms with Crippen molar-refractivity contribution in [2.45, 2.75) is 45.1 Å². The summed E-state index contributed by atoms with van der Waals surface area (Å²) in [6.45, 7) is 4.62. The fourth-order valence-corrected chi connectivity index (χ4v) is 3.23. The van der Waals surface area contributed by atoms with E-state index in [1.165, 1.54) is 6.42 Å². The molecule has 1 amide bonds. The molecule has 4 nitrogen and oxygen atoms in total. The van der Waals surface area contributed by atoms with Crippen molar-refractivity contribution in [1.29, 1.82) is 0 Å². The second-order valence-electron chi connectivity index (χ2n) is 6.10. The molecule has 104 valence electrons. The Morgan fingerprint density at radius 2 is 2.22 bits per heavy atom. The van der Waals surface area contributed by atoms with Gasteiger partial charge in [0, 0.05) is 25.1 Å². The van der Waals surface area contributed by atoms with Gasteiger partial charge >= 0.3 is 0 Å². The largest absolute Gasteiger partial charge is 0.381 e. The topological polar surface area (TPSA) is 64.4 Å². The van der Waals surface area contributed by atoms with Crippen molar-refractivity contribution in [1.82, 2.24) is 5.32 Å². The van der Waals surface area contributed by atoms with Gasteiger partial charge in [-0.2, -0.15) is 0 Å². The zero-order valence-electron chi connectivity index (χ0n) is 11.4. The monoisotopic (exact) mass is 254 g/mol. The lowest BCUT2D eigenvalue weighted by atomic mass is 9.79. The molecule has 4 heteroatoms. The van der Waals surface area contributed by atoms with Crippen LogP contribution >= 0.6 is 0 Å². The Bertz CT molecular complexity index is 267. The van der Waals surface area contributed by atoms with Gasteiger partial charge in [-0.25, -0.2) is 0 Å². The van der Waals surface area contributed by atoms with E-state index in [4.69, 9.17) is 10.5 Å². The SMILES string of the molecule is CC1CC(N)CC(C(=O)NCC2CCCOC2)C1. The van der Waals surface area contributed by atoms with Crippen LogP contribution in [0.5, 0.6) is 0 Å². The van der Waals surface area contributed by atoms with Gasteiger partial charge in [0.25, 0.3) is 0 Å². The molecular formula is C14H26N2O2. The van der Waals surface area contributed by atoms with Crippen molar-refractivity contribution in [2.75, 3.05) is 19.8 Å². The Hall–Kier alpha value is -0.610. The van der Waals surface area contributed by atoms with Crippen LogP contribution in [0.3, 0.4) is 0 Å². The van der Waals surface area contributed by atoms with Crippen LogP contribution in [0, 0.1) is 17.8 Å². The van der Waals surface area contributed by atoms with E-state index in [9.17, 15) is 4.79 Å². The lowest BCUT2D eigenvalue weighted by molar-refractivity contribution is -0.127. The van der Waals surface area contributed by atoms with E-state index < -0.39 is 0 Å². The van der Waals surface area contributed by atoms with Crippen LogP contribution in [0.1, 0.15) is 39.0 Å². The van der Waals surface area contributed by atoms with Gasteiger partial charge in [-0.3, -0.25) is 4.79 Å². The average molecular weight is 254 g/mol. The zero-order valence-corrected chi connectivity index (χ0v) is 11.4. The minimum absolute atomic E-state index is 0.119. The van der Waals surface area contributed by atoms with Gasteiger partial charge in [0.15, 0.2) is 0 Å². The number of ether oxygens (including phenoxy) is 1. The quantitative estimate of drug-likeness (QED) is 0.797. The molecule has 1 aliphatic carbocycles. The van der Waals surface area contributed by atoms with E-state index in [-0.39, 0.29) is 17.9 Å². The van der Waals surface area contributed by atoms with Crippen LogP contribution in [0.15, 0.2) is 0 Å². The molecule has 1 aliphatic heterocycles. The first-order valence-electron chi connectivity index (χ1n) is 7.26. The second kappa shape index (κ2) is 6.53. The van der Waals surface area contributed by atoms with Gasteiger partial charge in [0.05, 0.1) is 6.61 Å². The van der Waals surface area contributed by atoms with E-state index in [1.807, 2.05) is 0 Å². The minimum Gasteiger partial charge on any atom is -0.381 e. The molecule has 2 rings (SSSR count). The molecule has 18 heavy (non-hydrogen) atoms. The van der Waals surface area contributed by atoms with Crippen molar-refractivity contribution < 1.29 is 9.53 Å². The van der Waals surface area contributed by atoms with E-state index in [1.54, 1.807) is 0 Å². The second-order valence-corrected chi connectivity index (χ2v) is 6.10. The number of hydrogen-bond donors (Lipinski definition) is 2. The third-order valence-corrected chi connectivity index (χ3v) is 4.17. The summed E-state index contributed by atoms with van der Waals surface area (Å²) < 4.78 is 5.42. The summed E-state index contributed by atoms with van der Waals surface area (Å²) in [7, 11) is 0. The Morgan fingerprint density at radius 1 is 1.39 bits per heavy atom. The summed E-state index contributed by atoms with van der Waals surface area (Å²) in [5, 5.41) is 3.09. The molecule has 0 aromatic rings. The van der Waals surface area contributed by atoms with E-state index in [0.29, 0.717) is 11.8 Å². The molecule has 3 N–H and O–H groups in total. The van der Waals surface area contributed by atoms with Crippen molar-refractivity contribution in [2.24, 2.45) is 23.5 Å². The van der Waals surface area contributed by atoms with Gasteiger partial charge in [0.2, 0.25) is 5.91 Å². The number of rotatable bonds is 3. The molecule has 0 spiro atoms. The van der Waals surface area contributed by atoms with E-state index >= 15 is 0 Å². The first-order chi connectivity index (χ1) is 8.65. The average Bonchev–Trinajstić information content (AvgIpc) is 2.36. The molecule has 0 radical (unpaired) electrons. The highest BCUT2D eigenvalue weighted by Gasteiger charge is 2.29. The zero-order chi connectivity index (χ0) is 13.0. The highest BCUT2D eigenvalue weighted by molar-refractivity contribution is 5.78. The maximum Gasteiger partial charge on any atom is 0.223 e. The summed E-state index contributed by atoms with van der Waals surface area (Å²) in [5.74, 6) is 1.38. The van der Waals surface area contributed by atoms with Crippen molar-refractivity contribution in [3.8, 4) is 0 Å². The minimum atomic E-state index is 0.119. The van der Waals surface area contributed by atoms with Crippen LogP contribution in [0.25, 0.3) is 0 Å². The standard InChI is InChI=1S/C14H26N2O2/c1-10-5-12(7-13(15)6-10)14(17)16-8-11-3-2-4-18-9-11/h10-13H,2-9,15H2,1H3,(H,16,17). The van der Waals surface area contributed by atoms with Gasteiger partial charge in [-0.15, -0.1) is 0 Å². The highest BCUT2D eigenvalue weighted by atomic mass is 16.5. The maximum atomic E-state index is 12.1. The van der Waals surface area contributed by atoms with Crippen molar-refractivity contribution in [3.05, 3.63) is 0 Å². The van der Waals surface area contributed by atoms with Crippen LogP contribution in [-0.2, 0) is 9.53 Å². The summed E-state index contributed by atoms with van der Waals surface area (Å²) in [6.07, 6.45) is 5.17. The Kier molecular flexibility index (Phi) is 5.01. The first kappa shape index (κ1) is 13.8. The first-order valence-corrected chi connectivity index (χ1v) is 7.26. The number of carbonyl (C=O) groups is 1. The third-order valence-electron chi connectivity index (χ3n) is 4.17. The van der Waals surface area contributed by atoms with Crippen LogP contribution in [0.4, 0.5) is 0 Å². The summed E-state index contributed by atoms with van der Waals surface area (Å²) in [4.78, 5) is 12.1. The summed E-state index contributed by atoms with van der Waals surface area (Å²) in [6, 6.07) is 0.197. The Morgan fingerprint density at radius 3 is 2.89 bits per heavy atom. The maximum absolute atomic E-state index is 12.1. The number of amides is 1. The fourth-order valence-electron chi connectivity index (χ4n) is 3.23. The van der Waals surface area contributed by atoms with Crippen molar-refractivity contribution in [3.63, 3.8) is 0 Å². The van der Waals surface area contributed by atoms with Crippen LogP contribution in [0.2, 0.25) is 0 Å². The lowest BCUT2D eigenvalue weighted by Gasteiger charge is -2.31. The molecule has 1 saturated heterocycles. The van der Waals surface area contributed by atoms with Gasteiger partial charge in [-0.1, -0.05) is 6.92 Å². The molecule has 4 unspecified atom stereocenters. The summed E-state index contributed by atoms with van der Waals surface area (Å²) >= 11 is 0. The number of nitrogens with one attached hydrogen (secondary N) is 1. The molecule has 0 aromatic carbocycles. The molecular weight excluding hydrogens is 228 g/mol. The molecule has 0 bridgehead atoms. The Labute approximate surface area is 110 Å². The molecule has 1 heterocycles. The van der Waals surface area contributed by atoms with E-state index in [0.717, 1.165) is 45.4 Å². The highest BCUT2D eigenvalue weighted by Crippen LogP contribution is 2.28. The van der Waals surface area contributed by atoms with Crippen LogP contribution < -0.4 is 11.1 Å². The third kappa shape index (κ3) is 3.95. The number of nitrogens with two attached hydrogens (primary N) is 1. The molecule has 0 aromatic heterocycles. The Balaban J connectivity index is 1.73. The van der Waals surface area contributed by atoms with Gasteiger partial charge < -0.3 is 15.8 Å². The smallest absolute Gasteiger partial charge is 0.223 e. The van der Waals surface area contributed by atoms with Crippen LogP contribution in [-0.4, -0.2) is 31.7 Å². The molecule has 2 fully saturated rings. The molecule has 4 atom stereocenters. The molecule has 2 aliphatic rings. The number of carbonyl (C=O) groups excluding carboxylic acids is 1.